The van der Waals surface area contributed by atoms with Gasteiger partial charge >= 0.3 is 0 Å². The van der Waals surface area contributed by atoms with Crippen LogP contribution in [0.3, 0.4) is 0 Å². The molecule has 0 unspecified atom stereocenters. The summed E-state index contributed by atoms with van der Waals surface area (Å²) >= 11 is 0. The molecule has 1 aliphatic carbocycles. The van der Waals surface area contributed by atoms with Crippen LogP contribution in [0.15, 0.2) is 35.4 Å². The second-order valence-corrected chi connectivity index (χ2v) is 9.74. The number of amides is 1. The Labute approximate surface area is 192 Å². The van der Waals surface area contributed by atoms with Gasteiger partial charge in [-0.15, -0.1) is 0 Å². The molecule has 8 nitrogen and oxygen atoms in total. The third-order valence-corrected chi connectivity index (χ3v) is 7.59. The summed E-state index contributed by atoms with van der Waals surface area (Å²) in [5, 5.41) is 3.33. The van der Waals surface area contributed by atoms with Crippen molar-refractivity contribution in [3.63, 3.8) is 0 Å². The standard InChI is InChI=1S/C25H30N6O2/c32-24(18-6-3-7-18)30-11-2-1-8-22(30)21-13-23-27-20-9-12-29(15-17-5-4-10-26-14-17)16-19(20)25(33)31(23)28-21/h4-5,10,13-14,18,22,28H,1-3,6-9,11-12,15-16H2/t22-/m1/s1. The van der Waals surface area contributed by atoms with Crippen molar-refractivity contribution in [1.29, 1.82) is 0 Å². The maximum atomic E-state index is 13.4. The van der Waals surface area contributed by atoms with Crippen molar-refractivity contribution in [2.45, 2.75) is 64.1 Å². The molecule has 6 rings (SSSR count). The molecule has 172 valence electrons. The van der Waals surface area contributed by atoms with E-state index in [2.05, 4.69) is 25.9 Å². The lowest BCUT2D eigenvalue weighted by Gasteiger charge is -2.39. The van der Waals surface area contributed by atoms with Gasteiger partial charge in [0.1, 0.15) is 0 Å². The maximum absolute atomic E-state index is 13.4. The number of fused-ring (bicyclic) bond motifs is 2. The highest BCUT2D eigenvalue weighted by molar-refractivity contribution is 5.80. The summed E-state index contributed by atoms with van der Waals surface area (Å²) < 4.78 is 1.59. The molecule has 1 saturated heterocycles. The SMILES string of the molecule is O=C(C1CCC1)N1CCCC[C@@H]1c1cc2nc3c(c(=O)n2[nH]1)CN(Cc1cccnc1)CC3. The number of aromatic amines is 1. The minimum atomic E-state index is -0.0233. The minimum absolute atomic E-state index is 0.00653. The van der Waals surface area contributed by atoms with Gasteiger partial charge in [0.05, 0.1) is 23.0 Å². The zero-order valence-electron chi connectivity index (χ0n) is 18.9. The normalized spacial score (nSPS) is 21.7. The number of hydrogen-bond acceptors (Lipinski definition) is 5. The number of aromatic nitrogens is 4. The Bertz CT molecular complexity index is 1230. The highest BCUT2D eigenvalue weighted by Crippen LogP contribution is 2.36. The smallest absolute Gasteiger partial charge is 0.277 e. The number of rotatable bonds is 4. The van der Waals surface area contributed by atoms with E-state index in [4.69, 9.17) is 4.98 Å². The van der Waals surface area contributed by atoms with Crippen molar-refractivity contribution < 1.29 is 4.79 Å². The number of likely N-dealkylation sites (tertiary alicyclic amines) is 1. The van der Waals surface area contributed by atoms with Gasteiger partial charge in [-0.1, -0.05) is 12.5 Å². The van der Waals surface area contributed by atoms with Gasteiger partial charge in [-0.2, -0.15) is 0 Å². The van der Waals surface area contributed by atoms with E-state index in [0.29, 0.717) is 12.2 Å². The van der Waals surface area contributed by atoms with Crippen molar-refractivity contribution >= 4 is 11.6 Å². The molecule has 5 heterocycles. The zero-order chi connectivity index (χ0) is 22.4. The Kier molecular flexibility index (Phi) is 5.25. The molecule has 0 bridgehead atoms. The second kappa shape index (κ2) is 8.41. The number of pyridine rings is 1. The molecule has 0 spiro atoms. The lowest BCUT2D eigenvalue weighted by Crippen LogP contribution is -2.43. The van der Waals surface area contributed by atoms with Gasteiger partial charge in [0.25, 0.3) is 5.56 Å². The topological polar surface area (TPSA) is 86.6 Å². The first-order valence-electron chi connectivity index (χ1n) is 12.2. The van der Waals surface area contributed by atoms with E-state index in [-0.39, 0.29) is 23.4 Å². The number of H-pyrrole nitrogens is 1. The van der Waals surface area contributed by atoms with E-state index in [9.17, 15) is 9.59 Å². The quantitative estimate of drug-likeness (QED) is 0.666. The molecule has 3 aliphatic rings. The van der Waals surface area contributed by atoms with E-state index in [0.717, 1.165) is 87.1 Å². The van der Waals surface area contributed by atoms with Crippen LogP contribution in [-0.4, -0.2) is 48.4 Å². The third-order valence-electron chi connectivity index (χ3n) is 7.59. The van der Waals surface area contributed by atoms with Crippen molar-refractivity contribution in [2.75, 3.05) is 13.1 Å². The van der Waals surface area contributed by atoms with Crippen molar-refractivity contribution in [2.24, 2.45) is 5.92 Å². The molecule has 0 aromatic carbocycles. The first kappa shape index (κ1) is 20.6. The minimum Gasteiger partial charge on any atom is -0.334 e. The van der Waals surface area contributed by atoms with Crippen molar-refractivity contribution in [1.82, 2.24) is 29.4 Å². The van der Waals surface area contributed by atoms with Gasteiger partial charge < -0.3 is 4.90 Å². The van der Waals surface area contributed by atoms with Crippen molar-refractivity contribution in [3.8, 4) is 0 Å². The largest absolute Gasteiger partial charge is 0.334 e. The lowest BCUT2D eigenvalue weighted by molar-refractivity contribution is -0.142. The third kappa shape index (κ3) is 3.76. The van der Waals surface area contributed by atoms with Crippen LogP contribution >= 0.6 is 0 Å². The molecule has 1 atom stereocenters. The first-order chi connectivity index (χ1) is 16.2. The first-order valence-corrected chi connectivity index (χ1v) is 12.2. The van der Waals surface area contributed by atoms with Crippen LogP contribution < -0.4 is 5.56 Å². The van der Waals surface area contributed by atoms with E-state index < -0.39 is 0 Å². The second-order valence-electron chi connectivity index (χ2n) is 9.74. The number of hydrogen-bond donors (Lipinski definition) is 1. The molecule has 2 fully saturated rings. The molecule has 8 heteroatoms. The van der Waals surface area contributed by atoms with E-state index in [1.165, 1.54) is 0 Å². The van der Waals surface area contributed by atoms with Crippen LogP contribution in [0, 0.1) is 5.92 Å². The van der Waals surface area contributed by atoms with Gasteiger partial charge in [0, 0.05) is 57.0 Å². The van der Waals surface area contributed by atoms with Crippen LogP contribution in [0.5, 0.6) is 0 Å². The van der Waals surface area contributed by atoms with Gasteiger partial charge in [-0.3, -0.25) is 24.6 Å². The van der Waals surface area contributed by atoms with Crippen LogP contribution in [0.1, 0.15) is 67.1 Å². The average molecular weight is 447 g/mol. The zero-order valence-corrected chi connectivity index (χ0v) is 18.9. The van der Waals surface area contributed by atoms with Crippen LogP contribution in [-0.2, 0) is 24.3 Å². The molecule has 3 aromatic heterocycles. The number of nitrogens with zero attached hydrogens (tertiary/aromatic N) is 5. The lowest BCUT2D eigenvalue weighted by atomic mass is 9.83. The summed E-state index contributed by atoms with van der Waals surface area (Å²) in [4.78, 5) is 39.9. The van der Waals surface area contributed by atoms with E-state index in [1.807, 2.05) is 18.3 Å². The fourth-order valence-corrected chi connectivity index (χ4v) is 5.52. The van der Waals surface area contributed by atoms with E-state index >= 15 is 0 Å². The molecular formula is C25H30N6O2. The Morgan fingerprint density at radius 1 is 1.15 bits per heavy atom. The number of carbonyl (C=O) groups is 1. The molecule has 33 heavy (non-hydrogen) atoms. The molecule has 1 amide bonds. The van der Waals surface area contributed by atoms with Gasteiger partial charge in [0.2, 0.25) is 5.91 Å². The van der Waals surface area contributed by atoms with Gasteiger partial charge in [-0.05, 0) is 43.7 Å². The Morgan fingerprint density at radius 3 is 2.85 bits per heavy atom. The molecular weight excluding hydrogens is 416 g/mol. The number of piperidine rings is 1. The summed E-state index contributed by atoms with van der Waals surface area (Å²) in [7, 11) is 0. The Balaban J connectivity index is 1.29. The summed E-state index contributed by atoms with van der Waals surface area (Å²) in [5.41, 5.74) is 4.38. The molecule has 1 saturated carbocycles. The van der Waals surface area contributed by atoms with Crippen LogP contribution in [0.25, 0.3) is 5.65 Å². The average Bonchev–Trinajstić information content (AvgIpc) is 3.23. The van der Waals surface area contributed by atoms with Crippen LogP contribution in [0.4, 0.5) is 0 Å². The summed E-state index contributed by atoms with van der Waals surface area (Å²) in [6, 6.07) is 6.00. The van der Waals surface area contributed by atoms with Gasteiger partial charge in [-0.25, -0.2) is 9.50 Å². The Hall–Kier alpha value is -3.00. The summed E-state index contributed by atoms with van der Waals surface area (Å²) in [6.45, 7) is 3.03. The fourth-order valence-electron chi connectivity index (χ4n) is 5.52. The Morgan fingerprint density at radius 2 is 2.06 bits per heavy atom. The van der Waals surface area contributed by atoms with E-state index in [1.54, 1.807) is 10.7 Å². The molecule has 2 aliphatic heterocycles. The summed E-state index contributed by atoms with van der Waals surface area (Å²) in [6.07, 6.45) is 10.7. The predicted octanol–water partition coefficient (Wildman–Crippen LogP) is 2.83. The highest BCUT2D eigenvalue weighted by atomic mass is 16.2. The highest BCUT2D eigenvalue weighted by Gasteiger charge is 2.36. The number of carbonyl (C=O) groups excluding carboxylic acids is 1. The summed E-state index contributed by atoms with van der Waals surface area (Å²) in [5.74, 6) is 0.476. The van der Waals surface area contributed by atoms with Crippen molar-refractivity contribution in [3.05, 3.63) is 63.5 Å². The fraction of sp³-hybridized carbons (Fsp3) is 0.520. The molecule has 3 aromatic rings. The molecule has 1 N–H and O–H groups in total. The van der Waals surface area contributed by atoms with Gasteiger partial charge in [0.15, 0.2) is 5.65 Å². The monoisotopic (exact) mass is 446 g/mol. The number of nitrogens with one attached hydrogen (secondary N) is 1. The van der Waals surface area contributed by atoms with Crippen LogP contribution in [0.2, 0.25) is 0 Å². The molecule has 0 radical (unpaired) electrons. The maximum Gasteiger partial charge on any atom is 0.277 e. The predicted molar refractivity (Wildman–Crippen MR) is 124 cm³/mol.